The third-order valence-electron chi connectivity index (χ3n) is 8.82. The maximum absolute atomic E-state index is 13.5. The van der Waals surface area contributed by atoms with Gasteiger partial charge in [-0.05, 0) is 74.5 Å². The molecule has 5 atom stereocenters. The van der Waals surface area contributed by atoms with Crippen LogP contribution in [0.15, 0.2) is 24.4 Å². The van der Waals surface area contributed by atoms with Crippen LogP contribution in [-0.4, -0.2) is 26.3 Å². The van der Waals surface area contributed by atoms with Gasteiger partial charge in [0.05, 0.1) is 17.7 Å². The second kappa shape index (κ2) is 9.85. The highest BCUT2D eigenvalue weighted by atomic mass is 19.1. The minimum absolute atomic E-state index is 0.0897. The lowest BCUT2D eigenvalue weighted by Crippen LogP contribution is -2.40. The van der Waals surface area contributed by atoms with Crippen molar-refractivity contribution in [3.63, 3.8) is 0 Å². The topological polar surface area (TPSA) is 55.1 Å². The van der Waals surface area contributed by atoms with Crippen molar-refractivity contribution in [1.82, 2.24) is 9.78 Å². The smallest absolute Gasteiger partial charge is 0.157 e. The van der Waals surface area contributed by atoms with Gasteiger partial charge in [0, 0.05) is 17.5 Å². The summed E-state index contributed by atoms with van der Waals surface area (Å²) >= 11 is 0. The van der Waals surface area contributed by atoms with Crippen molar-refractivity contribution in [3.8, 4) is 0 Å². The fourth-order valence-electron chi connectivity index (χ4n) is 7.19. The molecular formula is C28H41FN2O2. The second-order valence-corrected chi connectivity index (χ2v) is 11.4. The molecule has 182 valence electrons. The number of carbonyl (C=O) groups excluding carboxylic acids is 1. The molecule has 1 N–H and O–H groups in total. The molecular weight excluding hydrogens is 415 g/mol. The van der Waals surface area contributed by atoms with Crippen LogP contribution in [0.2, 0.25) is 0 Å². The zero-order valence-corrected chi connectivity index (χ0v) is 20.7. The molecule has 2 aliphatic rings. The van der Waals surface area contributed by atoms with Crippen LogP contribution >= 0.6 is 0 Å². The van der Waals surface area contributed by atoms with Gasteiger partial charge in [-0.3, -0.25) is 9.48 Å². The molecule has 1 aromatic heterocycles. The molecule has 0 radical (unpaired) electrons. The molecule has 0 aliphatic heterocycles. The Morgan fingerprint density at radius 3 is 2.88 bits per heavy atom. The number of nitrogens with zero attached hydrogens (tertiary/aromatic N) is 2. The molecule has 2 saturated carbocycles. The van der Waals surface area contributed by atoms with E-state index in [0.717, 1.165) is 55.8 Å². The van der Waals surface area contributed by atoms with Crippen LogP contribution in [0.3, 0.4) is 0 Å². The average Bonchev–Trinajstić information content (AvgIpc) is 3.30. The number of hydrogen-bond donors (Lipinski definition) is 1. The summed E-state index contributed by atoms with van der Waals surface area (Å²) < 4.78 is 15.2. The van der Waals surface area contributed by atoms with Gasteiger partial charge in [0.15, 0.2) is 5.78 Å². The Morgan fingerprint density at radius 2 is 2.09 bits per heavy atom. The van der Waals surface area contributed by atoms with Crippen molar-refractivity contribution in [2.45, 2.75) is 104 Å². The van der Waals surface area contributed by atoms with Crippen LogP contribution in [0.25, 0.3) is 10.9 Å². The third-order valence-corrected chi connectivity index (χ3v) is 8.82. The normalized spacial score (nSPS) is 29.2. The molecule has 5 heteroatoms. The van der Waals surface area contributed by atoms with Crippen molar-refractivity contribution >= 4 is 16.7 Å². The first-order chi connectivity index (χ1) is 15.7. The number of halogens is 1. The first-order valence-corrected chi connectivity index (χ1v) is 13.1. The van der Waals surface area contributed by atoms with Crippen molar-refractivity contribution < 1.29 is 14.3 Å². The zero-order valence-electron chi connectivity index (χ0n) is 20.7. The van der Waals surface area contributed by atoms with Gasteiger partial charge in [-0.2, -0.15) is 5.10 Å². The Labute approximate surface area is 197 Å². The molecule has 0 spiro atoms. The number of fused-ring (bicyclic) bond motifs is 2. The Hall–Kier alpha value is -1.75. The number of benzene rings is 1. The minimum atomic E-state index is -0.524. The van der Waals surface area contributed by atoms with Crippen LogP contribution in [-0.2, 0) is 11.3 Å². The highest BCUT2D eigenvalue weighted by Gasteiger charge is 2.53. The standard InChI is InChI=1S/C28H41FN2O2/c1-4-14-27(2,33)15-6-5-8-20-9-7-16-28(3)23(20)11-12-24(28)26(32)19-31-18-21-17-22(29)10-13-25(21)30-31/h10,13,17-18,20,23-24,33H,4-9,11-12,14-16,19H2,1-3H3. The van der Waals surface area contributed by atoms with E-state index in [4.69, 9.17) is 0 Å². The maximum atomic E-state index is 13.5. The largest absolute Gasteiger partial charge is 0.390 e. The van der Waals surface area contributed by atoms with Crippen LogP contribution in [0.4, 0.5) is 4.39 Å². The van der Waals surface area contributed by atoms with Crippen LogP contribution < -0.4 is 0 Å². The van der Waals surface area contributed by atoms with Gasteiger partial charge in [0.25, 0.3) is 0 Å². The van der Waals surface area contributed by atoms with Gasteiger partial charge >= 0.3 is 0 Å². The number of rotatable bonds is 10. The predicted octanol–water partition coefficient (Wildman–Crippen LogP) is 6.69. The summed E-state index contributed by atoms with van der Waals surface area (Å²) in [5.74, 6) is 1.43. The van der Waals surface area contributed by atoms with E-state index in [1.165, 1.54) is 37.8 Å². The molecule has 2 aromatic rings. The summed E-state index contributed by atoms with van der Waals surface area (Å²) in [6, 6.07) is 4.56. The summed E-state index contributed by atoms with van der Waals surface area (Å²) in [6.07, 6.45) is 13.8. The Balaban J connectivity index is 1.35. The number of hydrogen-bond acceptors (Lipinski definition) is 3. The minimum Gasteiger partial charge on any atom is -0.390 e. The lowest BCUT2D eigenvalue weighted by atomic mass is 9.60. The van der Waals surface area contributed by atoms with E-state index in [0.29, 0.717) is 11.8 Å². The fourth-order valence-corrected chi connectivity index (χ4v) is 7.19. The van der Waals surface area contributed by atoms with Gasteiger partial charge in [-0.15, -0.1) is 0 Å². The third kappa shape index (κ3) is 5.34. The van der Waals surface area contributed by atoms with Gasteiger partial charge in [0.2, 0.25) is 0 Å². The summed E-state index contributed by atoms with van der Waals surface area (Å²) in [7, 11) is 0. The quantitative estimate of drug-likeness (QED) is 0.405. The van der Waals surface area contributed by atoms with E-state index in [1.54, 1.807) is 16.9 Å². The van der Waals surface area contributed by atoms with E-state index < -0.39 is 5.60 Å². The molecule has 1 aromatic carbocycles. The van der Waals surface area contributed by atoms with Gasteiger partial charge in [0.1, 0.15) is 5.82 Å². The Kier molecular flexibility index (Phi) is 7.28. The molecule has 4 rings (SSSR count). The molecule has 1 heterocycles. The zero-order chi connectivity index (χ0) is 23.6. The number of aliphatic hydroxyl groups is 1. The molecule has 0 saturated heterocycles. The van der Waals surface area contributed by atoms with Crippen molar-refractivity contribution in [1.29, 1.82) is 0 Å². The molecule has 33 heavy (non-hydrogen) atoms. The van der Waals surface area contributed by atoms with E-state index >= 15 is 0 Å². The molecule has 2 fully saturated rings. The van der Waals surface area contributed by atoms with Crippen LogP contribution in [0, 0.1) is 29.0 Å². The molecule has 0 amide bonds. The Bertz CT molecular complexity index is 968. The second-order valence-electron chi connectivity index (χ2n) is 11.4. The molecule has 4 nitrogen and oxygen atoms in total. The summed E-state index contributed by atoms with van der Waals surface area (Å²) in [5.41, 5.74) is 0.297. The predicted molar refractivity (Wildman–Crippen MR) is 130 cm³/mol. The number of ketones is 1. The van der Waals surface area contributed by atoms with Gasteiger partial charge < -0.3 is 5.11 Å². The van der Waals surface area contributed by atoms with E-state index in [1.807, 2.05) is 6.92 Å². The summed E-state index contributed by atoms with van der Waals surface area (Å²) in [5, 5.41) is 15.7. The van der Waals surface area contributed by atoms with Crippen molar-refractivity contribution in [2.75, 3.05) is 0 Å². The number of carbonyl (C=O) groups is 1. The monoisotopic (exact) mass is 456 g/mol. The average molecular weight is 457 g/mol. The maximum Gasteiger partial charge on any atom is 0.157 e. The lowest BCUT2D eigenvalue weighted by molar-refractivity contribution is -0.128. The highest BCUT2D eigenvalue weighted by Crippen LogP contribution is 2.58. The lowest BCUT2D eigenvalue weighted by Gasteiger charge is -2.45. The van der Waals surface area contributed by atoms with E-state index in [2.05, 4.69) is 18.9 Å². The molecule has 2 aliphatic carbocycles. The van der Waals surface area contributed by atoms with E-state index in [9.17, 15) is 14.3 Å². The SMILES string of the molecule is CCCC(C)(O)CCCCC1CCCC2(C)C(C(=O)Cn3cc4cc(F)ccc4n3)CCC12. The van der Waals surface area contributed by atoms with Crippen molar-refractivity contribution in [3.05, 3.63) is 30.2 Å². The number of unbranched alkanes of at least 4 members (excludes halogenated alkanes) is 1. The van der Waals surface area contributed by atoms with Gasteiger partial charge in [-0.1, -0.05) is 52.4 Å². The first-order valence-electron chi connectivity index (χ1n) is 13.1. The molecule has 5 unspecified atom stereocenters. The first kappa shape index (κ1) is 24.4. The summed E-state index contributed by atoms with van der Waals surface area (Å²) in [6.45, 7) is 6.74. The molecule has 0 bridgehead atoms. The highest BCUT2D eigenvalue weighted by molar-refractivity contribution is 5.83. The summed E-state index contributed by atoms with van der Waals surface area (Å²) in [4.78, 5) is 13.4. The number of Topliss-reactive ketones (excluding diaryl/α,β-unsaturated/α-hetero) is 1. The van der Waals surface area contributed by atoms with Gasteiger partial charge in [-0.25, -0.2) is 4.39 Å². The van der Waals surface area contributed by atoms with Crippen molar-refractivity contribution in [2.24, 2.45) is 23.2 Å². The van der Waals surface area contributed by atoms with E-state index in [-0.39, 0.29) is 29.5 Å². The fraction of sp³-hybridized carbons (Fsp3) is 0.714. The Morgan fingerprint density at radius 1 is 1.27 bits per heavy atom. The van der Waals surface area contributed by atoms with Crippen LogP contribution in [0.5, 0.6) is 0 Å². The van der Waals surface area contributed by atoms with Crippen LogP contribution in [0.1, 0.15) is 91.4 Å². The number of aromatic nitrogens is 2.